The van der Waals surface area contributed by atoms with E-state index < -0.39 is 0 Å². The summed E-state index contributed by atoms with van der Waals surface area (Å²) in [5.41, 5.74) is 1.85. The molecule has 2 heterocycles. The molecule has 1 aromatic carbocycles. The Morgan fingerprint density at radius 2 is 2.00 bits per heavy atom. The SMILES string of the molecule is CC(=O)N1CCC(C(=O)Nc2cccc3[nH]ccc23)CC1. The minimum atomic E-state index is -0.0187. The summed E-state index contributed by atoms with van der Waals surface area (Å²) < 4.78 is 0. The molecule has 1 aromatic heterocycles. The van der Waals surface area contributed by atoms with Crippen molar-refractivity contribution in [2.24, 2.45) is 5.92 Å². The van der Waals surface area contributed by atoms with Crippen molar-refractivity contribution in [2.45, 2.75) is 19.8 Å². The standard InChI is InChI=1S/C16H19N3O2/c1-11(20)19-9-6-12(7-10-19)16(21)18-15-4-2-3-14-13(15)5-8-17-14/h2-5,8,12,17H,6-7,9-10H2,1H3,(H,18,21). The maximum absolute atomic E-state index is 12.4. The molecule has 1 aliphatic rings. The van der Waals surface area contributed by atoms with Crippen molar-refractivity contribution in [3.63, 3.8) is 0 Å². The molecule has 0 radical (unpaired) electrons. The van der Waals surface area contributed by atoms with Crippen LogP contribution in [-0.2, 0) is 9.59 Å². The predicted molar refractivity (Wildman–Crippen MR) is 81.9 cm³/mol. The Kier molecular flexibility index (Phi) is 3.64. The van der Waals surface area contributed by atoms with Crippen molar-refractivity contribution in [2.75, 3.05) is 18.4 Å². The van der Waals surface area contributed by atoms with E-state index in [0.29, 0.717) is 13.1 Å². The zero-order valence-electron chi connectivity index (χ0n) is 12.1. The number of benzene rings is 1. The van der Waals surface area contributed by atoms with E-state index in [0.717, 1.165) is 29.4 Å². The van der Waals surface area contributed by atoms with Crippen molar-refractivity contribution in [3.05, 3.63) is 30.5 Å². The van der Waals surface area contributed by atoms with Crippen LogP contribution in [-0.4, -0.2) is 34.8 Å². The topological polar surface area (TPSA) is 65.2 Å². The van der Waals surface area contributed by atoms with Gasteiger partial charge in [0.15, 0.2) is 0 Å². The van der Waals surface area contributed by atoms with Gasteiger partial charge in [0, 0.05) is 43.0 Å². The third-order valence-corrected chi connectivity index (χ3v) is 4.16. The number of carbonyl (C=O) groups is 2. The van der Waals surface area contributed by atoms with Crippen LogP contribution in [0.1, 0.15) is 19.8 Å². The van der Waals surface area contributed by atoms with Crippen LogP contribution in [0.25, 0.3) is 10.9 Å². The summed E-state index contributed by atoms with van der Waals surface area (Å²) in [6, 6.07) is 7.78. The third kappa shape index (κ3) is 2.77. The maximum atomic E-state index is 12.4. The zero-order chi connectivity index (χ0) is 14.8. The van der Waals surface area contributed by atoms with Gasteiger partial charge in [-0.2, -0.15) is 0 Å². The van der Waals surface area contributed by atoms with Gasteiger partial charge in [-0.15, -0.1) is 0 Å². The number of nitrogens with one attached hydrogen (secondary N) is 2. The average Bonchev–Trinajstić information content (AvgIpc) is 2.97. The van der Waals surface area contributed by atoms with Gasteiger partial charge >= 0.3 is 0 Å². The Labute approximate surface area is 123 Å². The number of hydrogen-bond acceptors (Lipinski definition) is 2. The van der Waals surface area contributed by atoms with Gasteiger partial charge < -0.3 is 15.2 Å². The van der Waals surface area contributed by atoms with E-state index in [9.17, 15) is 9.59 Å². The Hall–Kier alpha value is -2.30. The summed E-state index contributed by atoms with van der Waals surface area (Å²) >= 11 is 0. The number of likely N-dealkylation sites (tertiary alicyclic amines) is 1. The van der Waals surface area contributed by atoms with Crippen LogP contribution in [0.2, 0.25) is 0 Å². The summed E-state index contributed by atoms with van der Waals surface area (Å²) in [5, 5.41) is 4.04. The van der Waals surface area contributed by atoms with E-state index in [1.165, 1.54) is 0 Å². The Morgan fingerprint density at radius 1 is 1.24 bits per heavy atom. The number of piperidine rings is 1. The molecule has 0 bridgehead atoms. The molecule has 1 fully saturated rings. The first-order valence-corrected chi connectivity index (χ1v) is 7.27. The number of carbonyl (C=O) groups excluding carboxylic acids is 2. The van der Waals surface area contributed by atoms with Crippen molar-refractivity contribution in [1.82, 2.24) is 9.88 Å². The molecule has 3 rings (SSSR count). The Balaban J connectivity index is 1.67. The molecule has 0 spiro atoms. The molecule has 5 nitrogen and oxygen atoms in total. The number of rotatable bonds is 2. The molecule has 2 aromatic rings. The number of fused-ring (bicyclic) bond motifs is 1. The molecule has 0 atom stereocenters. The second kappa shape index (κ2) is 5.60. The monoisotopic (exact) mass is 285 g/mol. The highest BCUT2D eigenvalue weighted by Gasteiger charge is 2.26. The summed E-state index contributed by atoms with van der Waals surface area (Å²) in [4.78, 5) is 28.6. The Bertz CT molecular complexity index is 669. The minimum absolute atomic E-state index is 0.0187. The van der Waals surface area contributed by atoms with Gasteiger partial charge in [-0.25, -0.2) is 0 Å². The van der Waals surface area contributed by atoms with Crippen LogP contribution in [0.15, 0.2) is 30.5 Å². The van der Waals surface area contributed by atoms with Gasteiger partial charge in [-0.05, 0) is 31.0 Å². The zero-order valence-corrected chi connectivity index (χ0v) is 12.1. The molecule has 21 heavy (non-hydrogen) atoms. The molecule has 0 unspecified atom stereocenters. The van der Waals surface area contributed by atoms with Crippen molar-refractivity contribution in [3.8, 4) is 0 Å². The van der Waals surface area contributed by atoms with E-state index in [1.54, 1.807) is 11.8 Å². The minimum Gasteiger partial charge on any atom is -0.361 e. The molecule has 2 N–H and O–H groups in total. The number of aromatic nitrogens is 1. The molecule has 1 aliphatic heterocycles. The van der Waals surface area contributed by atoms with Crippen LogP contribution in [0.4, 0.5) is 5.69 Å². The highest BCUT2D eigenvalue weighted by Crippen LogP contribution is 2.24. The van der Waals surface area contributed by atoms with Gasteiger partial charge in [-0.1, -0.05) is 6.07 Å². The van der Waals surface area contributed by atoms with Gasteiger partial charge in [-0.3, -0.25) is 9.59 Å². The quantitative estimate of drug-likeness (QED) is 0.889. The molecule has 0 saturated carbocycles. The third-order valence-electron chi connectivity index (χ3n) is 4.16. The van der Waals surface area contributed by atoms with E-state index in [2.05, 4.69) is 10.3 Å². The largest absolute Gasteiger partial charge is 0.361 e. The second-order valence-corrected chi connectivity index (χ2v) is 5.51. The van der Waals surface area contributed by atoms with Gasteiger partial charge in [0.1, 0.15) is 0 Å². The molecule has 2 amide bonds. The van der Waals surface area contributed by atoms with Crippen molar-refractivity contribution in [1.29, 1.82) is 0 Å². The molecule has 1 saturated heterocycles. The molecule has 0 aliphatic carbocycles. The first kappa shape index (κ1) is 13.7. The van der Waals surface area contributed by atoms with E-state index in [-0.39, 0.29) is 17.7 Å². The fourth-order valence-electron chi connectivity index (χ4n) is 2.89. The first-order chi connectivity index (χ1) is 10.1. The van der Waals surface area contributed by atoms with E-state index in [4.69, 9.17) is 0 Å². The van der Waals surface area contributed by atoms with Gasteiger partial charge in [0.25, 0.3) is 0 Å². The fourth-order valence-corrected chi connectivity index (χ4v) is 2.89. The molecular weight excluding hydrogens is 266 g/mol. The first-order valence-electron chi connectivity index (χ1n) is 7.27. The summed E-state index contributed by atoms with van der Waals surface area (Å²) in [7, 11) is 0. The van der Waals surface area contributed by atoms with Gasteiger partial charge in [0.05, 0.1) is 5.69 Å². The number of nitrogens with zero attached hydrogens (tertiary/aromatic N) is 1. The van der Waals surface area contributed by atoms with E-state index in [1.807, 2.05) is 30.5 Å². The summed E-state index contributed by atoms with van der Waals surface area (Å²) in [6.45, 7) is 2.91. The van der Waals surface area contributed by atoms with E-state index >= 15 is 0 Å². The number of H-pyrrole nitrogens is 1. The lowest BCUT2D eigenvalue weighted by atomic mass is 9.95. The van der Waals surface area contributed by atoms with Crippen LogP contribution >= 0.6 is 0 Å². The second-order valence-electron chi connectivity index (χ2n) is 5.51. The van der Waals surface area contributed by atoms with Crippen LogP contribution < -0.4 is 5.32 Å². The lowest BCUT2D eigenvalue weighted by Crippen LogP contribution is -2.40. The fraction of sp³-hybridized carbons (Fsp3) is 0.375. The Morgan fingerprint density at radius 3 is 2.71 bits per heavy atom. The predicted octanol–water partition coefficient (Wildman–Crippen LogP) is 2.36. The van der Waals surface area contributed by atoms with Crippen molar-refractivity contribution < 1.29 is 9.59 Å². The normalized spacial score (nSPS) is 16.1. The number of aromatic amines is 1. The number of anilines is 1. The lowest BCUT2D eigenvalue weighted by molar-refractivity contribution is -0.132. The molecule has 5 heteroatoms. The summed E-state index contributed by atoms with van der Waals surface area (Å²) in [6.07, 6.45) is 3.33. The average molecular weight is 285 g/mol. The molecular formula is C16H19N3O2. The van der Waals surface area contributed by atoms with Gasteiger partial charge in [0.2, 0.25) is 11.8 Å². The van der Waals surface area contributed by atoms with Crippen molar-refractivity contribution >= 4 is 28.4 Å². The number of hydrogen-bond donors (Lipinski definition) is 2. The lowest BCUT2D eigenvalue weighted by Gasteiger charge is -2.30. The highest BCUT2D eigenvalue weighted by molar-refractivity contribution is 6.02. The number of amides is 2. The van der Waals surface area contributed by atoms with Crippen LogP contribution in [0.5, 0.6) is 0 Å². The maximum Gasteiger partial charge on any atom is 0.227 e. The van der Waals surface area contributed by atoms with Crippen LogP contribution in [0, 0.1) is 5.92 Å². The smallest absolute Gasteiger partial charge is 0.227 e. The van der Waals surface area contributed by atoms with Crippen LogP contribution in [0.3, 0.4) is 0 Å². The molecule has 110 valence electrons. The highest BCUT2D eigenvalue weighted by atomic mass is 16.2. The summed E-state index contributed by atoms with van der Waals surface area (Å²) in [5.74, 6) is 0.118.